The molecule has 2 aromatic rings. The average molecular weight is 125 g/mol. The maximum Gasteiger partial charge on any atom is 0.266 e. The third-order valence-corrected chi connectivity index (χ3v) is 2.07. The van der Waals surface area contributed by atoms with Gasteiger partial charge in [-0.15, -0.1) is 11.3 Å². The Balaban J connectivity index is 3.24. The van der Waals surface area contributed by atoms with Crippen molar-refractivity contribution in [2.24, 2.45) is 0 Å². The lowest BCUT2D eigenvalue weighted by Crippen LogP contribution is -1.96. The van der Waals surface area contributed by atoms with E-state index in [9.17, 15) is 4.79 Å². The molecule has 0 atom stereocenters. The summed E-state index contributed by atoms with van der Waals surface area (Å²) in [5.74, 6) is 0. The van der Waals surface area contributed by atoms with Gasteiger partial charge in [0, 0.05) is 0 Å². The second-order valence-corrected chi connectivity index (χ2v) is 2.70. The van der Waals surface area contributed by atoms with Gasteiger partial charge in [-0.3, -0.25) is 4.79 Å². The van der Waals surface area contributed by atoms with Gasteiger partial charge >= 0.3 is 0 Å². The van der Waals surface area contributed by atoms with E-state index in [1.807, 2.05) is 12.1 Å². The minimum atomic E-state index is 0.0486. The van der Waals surface area contributed by atoms with E-state index in [0.717, 1.165) is 9.53 Å². The van der Waals surface area contributed by atoms with E-state index in [4.69, 9.17) is 0 Å². The lowest BCUT2D eigenvalue weighted by molar-refractivity contribution is 1.37. The van der Waals surface area contributed by atoms with E-state index in [-0.39, 0.29) is 5.56 Å². The summed E-state index contributed by atoms with van der Waals surface area (Å²) in [5, 5.41) is 0. The highest BCUT2D eigenvalue weighted by molar-refractivity contribution is 7.23. The lowest BCUT2D eigenvalue weighted by Gasteiger charge is -1.69. The fraction of sp³-hybridized carbons (Fsp3) is 0. The summed E-state index contributed by atoms with van der Waals surface area (Å²) in [6.45, 7) is 0. The first-order valence-electron chi connectivity index (χ1n) is 2.27. The molecular weight excluding hydrogens is 122 g/mol. The molecule has 1 N–H and O–H groups in total. The summed E-state index contributed by atoms with van der Waals surface area (Å²) in [4.78, 5) is 14.2. The fourth-order valence-electron chi connectivity index (χ4n) is 0.701. The lowest BCUT2D eigenvalue weighted by atomic mass is 10.5. The largest absolute Gasteiger partial charge is 0.313 e. The Morgan fingerprint density at radius 1 is 1.50 bits per heavy atom. The topological polar surface area (TPSA) is 32.9 Å². The van der Waals surface area contributed by atoms with E-state index < -0.39 is 0 Å². The molecule has 0 aromatic carbocycles. The molecule has 2 aromatic heterocycles. The third-order valence-electron chi connectivity index (χ3n) is 1.07. The summed E-state index contributed by atoms with van der Waals surface area (Å²) in [7, 11) is 0. The number of thiazole rings is 1. The quantitative estimate of drug-likeness (QED) is 0.560. The van der Waals surface area contributed by atoms with Crippen LogP contribution in [0.25, 0.3) is 9.53 Å². The summed E-state index contributed by atoms with van der Waals surface area (Å²) < 4.78 is 0.819. The Morgan fingerprint density at radius 2 is 2.38 bits per heavy atom. The molecule has 2 bridgehead atoms. The Labute approximate surface area is 49.1 Å². The van der Waals surface area contributed by atoms with Crippen molar-refractivity contribution in [3.63, 3.8) is 0 Å². The van der Waals surface area contributed by atoms with Crippen molar-refractivity contribution in [1.82, 2.24) is 4.98 Å². The number of fused-ring (bicyclic) bond motifs is 2. The molecule has 0 aliphatic heterocycles. The van der Waals surface area contributed by atoms with Crippen molar-refractivity contribution in [3.05, 3.63) is 22.5 Å². The second kappa shape index (κ2) is 1.11. The molecule has 0 radical (unpaired) electrons. The zero-order valence-corrected chi connectivity index (χ0v) is 4.79. The molecule has 0 amide bonds. The van der Waals surface area contributed by atoms with Gasteiger partial charge in [-0.2, -0.15) is 0 Å². The predicted octanol–water partition coefficient (Wildman–Crippen LogP) is 1.03. The molecule has 0 spiro atoms. The molecule has 0 unspecified atom stereocenters. The van der Waals surface area contributed by atoms with Gasteiger partial charge in [0.2, 0.25) is 0 Å². The van der Waals surface area contributed by atoms with Gasteiger partial charge in [0.25, 0.3) is 5.56 Å². The van der Waals surface area contributed by atoms with Crippen molar-refractivity contribution < 1.29 is 0 Å². The Bertz CT molecular complexity index is 334. The molecule has 0 saturated heterocycles. The fourth-order valence-corrected chi connectivity index (χ4v) is 1.50. The number of aromatic amines is 1. The number of rotatable bonds is 0. The molecule has 3 heteroatoms. The van der Waals surface area contributed by atoms with Gasteiger partial charge in [-0.25, -0.2) is 0 Å². The Kier molecular flexibility index (Phi) is 0.569. The minimum Gasteiger partial charge on any atom is -0.313 e. The summed E-state index contributed by atoms with van der Waals surface area (Å²) in [5.41, 5.74) is 0.0486. The van der Waals surface area contributed by atoms with Crippen LogP contribution in [-0.2, 0) is 0 Å². The molecule has 0 saturated carbocycles. The zero-order valence-electron chi connectivity index (χ0n) is 3.97. The normalized spacial score (nSPS) is 11.0. The monoisotopic (exact) mass is 125 g/mol. The molecular formula is C5H3NOS. The number of thiophene rings is 1. The van der Waals surface area contributed by atoms with Crippen molar-refractivity contribution >= 4 is 20.9 Å². The molecule has 8 heavy (non-hydrogen) atoms. The minimum absolute atomic E-state index is 0.0486. The number of H-pyrrole nitrogens is 1. The number of hydrogen-bond donors (Lipinski definition) is 1. The van der Waals surface area contributed by atoms with Crippen LogP contribution in [0, 0.1) is 0 Å². The van der Waals surface area contributed by atoms with Gasteiger partial charge in [0.1, 0.15) is 0 Å². The van der Waals surface area contributed by atoms with E-state index >= 15 is 0 Å². The van der Waals surface area contributed by atoms with E-state index in [0.29, 0.717) is 0 Å². The van der Waals surface area contributed by atoms with Crippen LogP contribution in [0.15, 0.2) is 16.9 Å². The standard InChI is InChI=1S/C5H3NOS/c7-5-3-1-2-4(6-5)8-3/h1-2H,(H,6,7). The average Bonchev–Trinajstić information content (AvgIpc) is 2.23. The summed E-state index contributed by atoms with van der Waals surface area (Å²) in [6.07, 6.45) is 0. The van der Waals surface area contributed by atoms with Gasteiger partial charge in [-0.05, 0) is 12.1 Å². The number of hydrogen-bond acceptors (Lipinski definition) is 2. The van der Waals surface area contributed by atoms with Gasteiger partial charge in [-0.1, -0.05) is 0 Å². The maximum atomic E-state index is 10.6. The molecule has 2 rings (SSSR count). The first-order valence-corrected chi connectivity index (χ1v) is 3.09. The van der Waals surface area contributed by atoms with E-state index in [1.54, 1.807) is 0 Å². The van der Waals surface area contributed by atoms with Crippen LogP contribution >= 0.6 is 11.3 Å². The third kappa shape index (κ3) is 0.344. The van der Waals surface area contributed by atoms with Gasteiger partial charge < -0.3 is 4.98 Å². The molecule has 2 heterocycles. The summed E-state index contributed by atoms with van der Waals surface area (Å²) >= 11 is 1.50. The van der Waals surface area contributed by atoms with Crippen LogP contribution in [0.3, 0.4) is 0 Å². The predicted molar refractivity (Wildman–Crippen MR) is 33.6 cm³/mol. The van der Waals surface area contributed by atoms with Gasteiger partial charge in [0.15, 0.2) is 0 Å². The maximum absolute atomic E-state index is 10.6. The highest BCUT2D eigenvalue weighted by Crippen LogP contribution is 2.14. The van der Waals surface area contributed by atoms with Crippen LogP contribution in [-0.4, -0.2) is 4.98 Å². The number of pyridine rings is 1. The van der Waals surface area contributed by atoms with Crippen molar-refractivity contribution in [1.29, 1.82) is 0 Å². The van der Waals surface area contributed by atoms with Crippen LogP contribution in [0.4, 0.5) is 0 Å². The van der Waals surface area contributed by atoms with Crippen LogP contribution in [0.2, 0.25) is 0 Å². The van der Waals surface area contributed by atoms with E-state index in [1.165, 1.54) is 11.3 Å². The number of nitrogens with one attached hydrogen (secondary N) is 1. The SMILES string of the molecule is O=c1[nH]c2ccc1s2. The second-order valence-electron chi connectivity index (χ2n) is 1.62. The van der Waals surface area contributed by atoms with Crippen molar-refractivity contribution in [3.8, 4) is 0 Å². The van der Waals surface area contributed by atoms with Crippen LogP contribution in [0.5, 0.6) is 0 Å². The first-order chi connectivity index (χ1) is 3.86. The molecule has 2 nitrogen and oxygen atoms in total. The zero-order chi connectivity index (χ0) is 5.56. The smallest absolute Gasteiger partial charge is 0.266 e. The van der Waals surface area contributed by atoms with Crippen LogP contribution < -0.4 is 5.56 Å². The first kappa shape index (κ1) is 4.09. The van der Waals surface area contributed by atoms with Gasteiger partial charge in [0.05, 0.1) is 9.53 Å². The van der Waals surface area contributed by atoms with E-state index in [2.05, 4.69) is 4.98 Å². The Hall–Kier alpha value is -0.830. The van der Waals surface area contributed by atoms with Crippen LogP contribution in [0.1, 0.15) is 0 Å². The highest BCUT2D eigenvalue weighted by atomic mass is 32.1. The molecule has 0 fully saturated rings. The number of aromatic nitrogens is 1. The van der Waals surface area contributed by atoms with Crippen molar-refractivity contribution in [2.75, 3.05) is 0 Å². The molecule has 0 aliphatic rings. The Morgan fingerprint density at radius 3 is 2.62 bits per heavy atom. The molecule has 40 valence electrons. The summed E-state index contributed by atoms with van der Waals surface area (Å²) in [6, 6.07) is 3.74. The molecule has 0 aliphatic carbocycles. The van der Waals surface area contributed by atoms with Crippen molar-refractivity contribution in [2.45, 2.75) is 0 Å². The highest BCUT2D eigenvalue weighted by Gasteiger charge is 1.97.